The fraction of sp³-hybridized carbons (Fsp3) is 0.357. The van der Waals surface area contributed by atoms with Crippen molar-refractivity contribution in [1.29, 1.82) is 0 Å². The minimum atomic E-state index is -0.157. The van der Waals surface area contributed by atoms with Gasteiger partial charge in [0.2, 0.25) is 0 Å². The monoisotopic (exact) mass is 217 g/mol. The summed E-state index contributed by atoms with van der Waals surface area (Å²) < 4.78 is 13.1. The van der Waals surface area contributed by atoms with Crippen molar-refractivity contribution in [3.8, 4) is 0 Å². The largest absolute Gasteiger partial charge is 0.280 e. The molecule has 0 radical (unpaired) electrons. The van der Waals surface area contributed by atoms with Crippen LogP contribution in [0.1, 0.15) is 25.0 Å². The predicted molar refractivity (Wildman–Crippen MR) is 65.5 cm³/mol. The molecule has 0 unspecified atom stereocenters. The standard InChI is InChI=1S/C14H16FN/c1-9(2)12-7-14(16-8-12)11-4-5-13(15)10(3)6-11/h4-7,9H,8H2,1-3H3. The maximum Gasteiger partial charge on any atom is 0.126 e. The Kier molecular flexibility index (Phi) is 2.90. The van der Waals surface area contributed by atoms with Gasteiger partial charge in [0.25, 0.3) is 0 Å². The van der Waals surface area contributed by atoms with Gasteiger partial charge < -0.3 is 0 Å². The Labute approximate surface area is 95.7 Å². The number of nitrogens with zero attached hydrogens (tertiary/aromatic N) is 1. The van der Waals surface area contributed by atoms with Gasteiger partial charge in [0.1, 0.15) is 5.82 Å². The molecule has 0 atom stereocenters. The lowest BCUT2D eigenvalue weighted by Gasteiger charge is -2.03. The highest BCUT2D eigenvalue weighted by atomic mass is 19.1. The second-order valence-corrected chi connectivity index (χ2v) is 4.54. The first-order valence-corrected chi connectivity index (χ1v) is 5.59. The van der Waals surface area contributed by atoms with Crippen LogP contribution in [-0.2, 0) is 0 Å². The topological polar surface area (TPSA) is 12.4 Å². The van der Waals surface area contributed by atoms with Crippen molar-refractivity contribution in [3.63, 3.8) is 0 Å². The van der Waals surface area contributed by atoms with Crippen LogP contribution in [0.5, 0.6) is 0 Å². The van der Waals surface area contributed by atoms with Crippen molar-refractivity contribution in [2.24, 2.45) is 10.9 Å². The van der Waals surface area contributed by atoms with E-state index in [9.17, 15) is 4.39 Å². The van der Waals surface area contributed by atoms with Gasteiger partial charge >= 0.3 is 0 Å². The molecule has 1 nitrogen and oxygen atoms in total. The van der Waals surface area contributed by atoms with E-state index in [1.54, 1.807) is 13.0 Å². The normalized spacial score (nSPS) is 15.3. The van der Waals surface area contributed by atoms with Crippen LogP contribution in [0.15, 0.2) is 34.8 Å². The van der Waals surface area contributed by atoms with Crippen molar-refractivity contribution in [2.75, 3.05) is 6.54 Å². The second-order valence-electron chi connectivity index (χ2n) is 4.54. The van der Waals surface area contributed by atoms with Gasteiger partial charge in [-0.3, -0.25) is 4.99 Å². The van der Waals surface area contributed by atoms with E-state index in [1.807, 2.05) is 6.07 Å². The summed E-state index contributed by atoms with van der Waals surface area (Å²) >= 11 is 0. The quantitative estimate of drug-likeness (QED) is 0.718. The van der Waals surface area contributed by atoms with Gasteiger partial charge in [0.15, 0.2) is 0 Å². The third-order valence-electron chi connectivity index (χ3n) is 2.95. The molecule has 2 heteroatoms. The van der Waals surface area contributed by atoms with Crippen molar-refractivity contribution in [3.05, 3.63) is 46.8 Å². The minimum absolute atomic E-state index is 0.157. The highest BCUT2D eigenvalue weighted by Gasteiger charge is 2.13. The molecule has 1 aliphatic heterocycles. The molecular formula is C14H16FN. The van der Waals surface area contributed by atoms with Gasteiger partial charge in [0.05, 0.1) is 12.3 Å². The Balaban J connectivity index is 2.30. The van der Waals surface area contributed by atoms with Crippen LogP contribution >= 0.6 is 0 Å². The van der Waals surface area contributed by atoms with Crippen molar-refractivity contribution < 1.29 is 4.39 Å². The summed E-state index contributed by atoms with van der Waals surface area (Å²) in [6, 6.07) is 5.16. The molecule has 0 aromatic heterocycles. The highest BCUT2D eigenvalue weighted by Crippen LogP contribution is 2.19. The molecule has 0 bridgehead atoms. The zero-order valence-corrected chi connectivity index (χ0v) is 9.92. The molecule has 0 N–H and O–H groups in total. The van der Waals surface area contributed by atoms with Gasteiger partial charge in [-0.05, 0) is 48.3 Å². The third kappa shape index (κ3) is 2.06. The van der Waals surface area contributed by atoms with E-state index in [1.165, 1.54) is 11.6 Å². The number of aliphatic imine (C=N–C) groups is 1. The number of rotatable bonds is 2. The fourth-order valence-corrected chi connectivity index (χ4v) is 1.77. The molecule has 0 fully saturated rings. The minimum Gasteiger partial charge on any atom is -0.280 e. The number of benzene rings is 1. The summed E-state index contributed by atoms with van der Waals surface area (Å²) in [6.07, 6.45) is 2.12. The van der Waals surface area contributed by atoms with Crippen LogP contribution in [0.2, 0.25) is 0 Å². The van der Waals surface area contributed by atoms with Gasteiger partial charge in [-0.15, -0.1) is 0 Å². The number of halogens is 1. The molecule has 16 heavy (non-hydrogen) atoms. The SMILES string of the molecule is Cc1cc(C2=NCC(C(C)C)=C2)ccc1F. The zero-order valence-electron chi connectivity index (χ0n) is 9.92. The van der Waals surface area contributed by atoms with Crippen molar-refractivity contribution in [1.82, 2.24) is 0 Å². The maximum absolute atomic E-state index is 13.1. The lowest BCUT2D eigenvalue weighted by Crippen LogP contribution is -1.97. The lowest BCUT2D eigenvalue weighted by molar-refractivity contribution is 0.618. The molecule has 0 saturated heterocycles. The summed E-state index contributed by atoms with van der Waals surface area (Å²) in [5.41, 5.74) is 4.00. The summed E-state index contributed by atoms with van der Waals surface area (Å²) in [4.78, 5) is 4.48. The fourth-order valence-electron chi connectivity index (χ4n) is 1.77. The average molecular weight is 217 g/mol. The highest BCUT2D eigenvalue weighted by molar-refractivity contribution is 6.10. The number of aryl methyl sites for hydroxylation is 1. The first-order valence-electron chi connectivity index (χ1n) is 5.59. The van der Waals surface area contributed by atoms with Crippen LogP contribution in [0, 0.1) is 18.7 Å². The van der Waals surface area contributed by atoms with E-state index < -0.39 is 0 Å². The van der Waals surface area contributed by atoms with Crippen molar-refractivity contribution >= 4 is 5.71 Å². The van der Waals surface area contributed by atoms with E-state index in [4.69, 9.17) is 0 Å². The second kappa shape index (κ2) is 4.20. The van der Waals surface area contributed by atoms with Crippen LogP contribution in [0.4, 0.5) is 4.39 Å². The summed E-state index contributed by atoms with van der Waals surface area (Å²) in [5.74, 6) is 0.373. The predicted octanol–water partition coefficient (Wildman–Crippen LogP) is 3.52. The Morgan fingerprint density at radius 2 is 2.06 bits per heavy atom. The molecule has 1 heterocycles. The Bertz CT molecular complexity index is 470. The Morgan fingerprint density at radius 3 is 2.62 bits per heavy atom. The first-order chi connectivity index (χ1) is 7.58. The van der Waals surface area contributed by atoms with Crippen LogP contribution in [-0.4, -0.2) is 12.3 Å². The van der Waals surface area contributed by atoms with Crippen LogP contribution < -0.4 is 0 Å². The van der Waals surface area contributed by atoms with E-state index >= 15 is 0 Å². The summed E-state index contributed by atoms with van der Waals surface area (Å²) in [6.45, 7) is 6.89. The molecule has 2 rings (SSSR count). The molecule has 0 amide bonds. The molecule has 0 spiro atoms. The number of allylic oxidation sites excluding steroid dienone is 1. The van der Waals surface area contributed by atoms with Gasteiger partial charge in [-0.1, -0.05) is 13.8 Å². The summed E-state index contributed by atoms with van der Waals surface area (Å²) in [5, 5.41) is 0. The van der Waals surface area contributed by atoms with Gasteiger partial charge in [0, 0.05) is 5.56 Å². The smallest absolute Gasteiger partial charge is 0.126 e. The molecule has 1 aromatic carbocycles. The molecule has 0 saturated carbocycles. The number of hydrogen-bond donors (Lipinski definition) is 0. The van der Waals surface area contributed by atoms with Crippen molar-refractivity contribution in [2.45, 2.75) is 20.8 Å². The van der Waals surface area contributed by atoms with E-state index in [0.717, 1.165) is 17.8 Å². The molecule has 0 aliphatic carbocycles. The van der Waals surface area contributed by atoms with Crippen LogP contribution in [0.25, 0.3) is 0 Å². The molecule has 1 aromatic rings. The number of hydrogen-bond acceptors (Lipinski definition) is 1. The van der Waals surface area contributed by atoms with Gasteiger partial charge in [-0.2, -0.15) is 0 Å². The van der Waals surface area contributed by atoms with E-state index in [-0.39, 0.29) is 5.82 Å². The third-order valence-corrected chi connectivity index (χ3v) is 2.95. The Hall–Kier alpha value is -1.44. The van der Waals surface area contributed by atoms with E-state index in [0.29, 0.717) is 11.5 Å². The average Bonchev–Trinajstić information content (AvgIpc) is 2.71. The first kappa shape index (κ1) is 11.1. The molecule has 84 valence electrons. The maximum atomic E-state index is 13.1. The summed E-state index contributed by atoms with van der Waals surface area (Å²) in [7, 11) is 0. The lowest BCUT2D eigenvalue weighted by atomic mass is 10.0. The molecule has 1 aliphatic rings. The van der Waals surface area contributed by atoms with Crippen LogP contribution in [0.3, 0.4) is 0 Å². The Morgan fingerprint density at radius 1 is 1.31 bits per heavy atom. The molecular weight excluding hydrogens is 201 g/mol. The zero-order chi connectivity index (χ0) is 11.7. The van der Waals surface area contributed by atoms with E-state index in [2.05, 4.69) is 24.9 Å². The van der Waals surface area contributed by atoms with Gasteiger partial charge in [-0.25, -0.2) is 4.39 Å².